The van der Waals surface area contributed by atoms with E-state index in [1.807, 2.05) is 5.73 Å². The van der Waals surface area contributed by atoms with Crippen molar-refractivity contribution < 1.29 is 52.7 Å². The van der Waals surface area contributed by atoms with E-state index in [4.69, 9.17) is 0 Å². The molecule has 31 heavy (non-hydrogen) atoms. The molecule has 0 N–H and O–H groups in total. The zero-order valence-corrected chi connectivity index (χ0v) is 14.7. The molecule has 0 heterocycles. The first kappa shape index (κ1) is 24.4. The fourth-order valence-corrected chi connectivity index (χ4v) is 2.57. The molecule has 0 unspecified atom stereocenters. The normalized spacial score (nSPS) is 13.2. The van der Waals surface area contributed by atoms with Crippen molar-refractivity contribution >= 4 is 5.57 Å². The van der Waals surface area contributed by atoms with Crippen molar-refractivity contribution in [1.82, 2.24) is 0 Å². The molecule has 12 heteroatoms. The van der Waals surface area contributed by atoms with E-state index in [9.17, 15) is 52.7 Å². The third-order valence-corrected chi connectivity index (χ3v) is 3.93. The van der Waals surface area contributed by atoms with Crippen molar-refractivity contribution in [3.8, 4) is 0 Å². The zero-order chi connectivity index (χ0) is 24.0. The Kier molecular flexibility index (Phi) is 6.03. The predicted octanol–water partition coefficient (Wildman–Crippen LogP) is 7.98. The van der Waals surface area contributed by atoms with Gasteiger partial charge in [0.25, 0.3) is 0 Å². The quantitative estimate of drug-likeness (QED) is 0.312. The lowest BCUT2D eigenvalue weighted by atomic mass is 9.92. The van der Waals surface area contributed by atoms with E-state index in [1.165, 1.54) is 0 Å². The van der Waals surface area contributed by atoms with Crippen molar-refractivity contribution in [3.05, 3.63) is 82.1 Å². The Balaban J connectivity index is 2.84. The fraction of sp³-hybridized carbons (Fsp3) is 0.211. The van der Waals surface area contributed by atoms with Crippen LogP contribution in [0.25, 0.3) is 5.57 Å². The highest BCUT2D eigenvalue weighted by Crippen LogP contribution is 2.41. The second-order valence-corrected chi connectivity index (χ2v) is 6.14. The maximum atomic E-state index is 13.0. The minimum atomic E-state index is -5.28. The molecule has 2 rings (SSSR count). The standard InChI is InChI=1S/C19H8F12/c1-2-15(9-3-11(16(20,21)22)7-12(4-9)17(23,24)25)10-5-13(18(26,27)28)8-14(6-10)19(29,30)31/h3-8H,1H2. The van der Waals surface area contributed by atoms with Crippen LogP contribution >= 0.6 is 0 Å². The monoisotopic (exact) mass is 464 g/mol. The lowest BCUT2D eigenvalue weighted by Gasteiger charge is -2.17. The number of alkyl halides is 12. The number of benzene rings is 2. The Morgan fingerprint density at radius 1 is 0.484 bits per heavy atom. The van der Waals surface area contributed by atoms with Crippen LogP contribution in [0.4, 0.5) is 52.7 Å². The summed E-state index contributed by atoms with van der Waals surface area (Å²) in [5, 5.41) is 0. The Morgan fingerprint density at radius 3 is 0.871 bits per heavy atom. The van der Waals surface area contributed by atoms with Gasteiger partial charge in [0.2, 0.25) is 0 Å². The molecule has 168 valence electrons. The van der Waals surface area contributed by atoms with Crippen LogP contribution in [0.3, 0.4) is 0 Å². The van der Waals surface area contributed by atoms with Crippen molar-refractivity contribution in [2.75, 3.05) is 0 Å². The van der Waals surface area contributed by atoms with Crippen LogP contribution in [-0.4, -0.2) is 0 Å². The first-order valence-electron chi connectivity index (χ1n) is 7.84. The lowest BCUT2D eigenvalue weighted by Crippen LogP contribution is -2.13. The summed E-state index contributed by atoms with van der Waals surface area (Å²) in [6.07, 6.45) is -21.1. The van der Waals surface area contributed by atoms with E-state index in [0.717, 1.165) is 0 Å². The SMILES string of the molecule is C=C=C(c1cc(C(F)(F)F)cc(C(F)(F)F)c1)c1cc(C(F)(F)F)cc(C(F)(F)F)c1. The maximum Gasteiger partial charge on any atom is 0.416 e. The summed E-state index contributed by atoms with van der Waals surface area (Å²) in [5.41, 5.74) is -8.25. The Morgan fingerprint density at radius 2 is 0.710 bits per heavy atom. The molecule has 0 saturated heterocycles. The lowest BCUT2D eigenvalue weighted by molar-refractivity contribution is -0.144. The van der Waals surface area contributed by atoms with Crippen LogP contribution in [0, 0.1) is 0 Å². The van der Waals surface area contributed by atoms with Gasteiger partial charge in [-0.05, 0) is 47.5 Å². The van der Waals surface area contributed by atoms with Gasteiger partial charge in [0.15, 0.2) is 0 Å². The van der Waals surface area contributed by atoms with E-state index in [-0.39, 0.29) is 36.4 Å². The third kappa shape index (κ3) is 5.63. The molecular formula is C19H8F12. The van der Waals surface area contributed by atoms with Gasteiger partial charge in [-0.1, -0.05) is 6.58 Å². The third-order valence-electron chi connectivity index (χ3n) is 3.93. The largest absolute Gasteiger partial charge is 0.416 e. The fourth-order valence-electron chi connectivity index (χ4n) is 2.57. The predicted molar refractivity (Wildman–Crippen MR) is 84.5 cm³/mol. The van der Waals surface area contributed by atoms with E-state index >= 15 is 0 Å². The van der Waals surface area contributed by atoms with Gasteiger partial charge in [-0.2, -0.15) is 52.7 Å². The Labute approximate surface area is 166 Å². The molecule has 0 spiro atoms. The highest BCUT2D eigenvalue weighted by atomic mass is 19.4. The molecule has 0 saturated carbocycles. The van der Waals surface area contributed by atoms with Crippen LogP contribution < -0.4 is 0 Å². The van der Waals surface area contributed by atoms with Crippen LogP contribution in [0.15, 0.2) is 48.7 Å². The summed E-state index contributed by atoms with van der Waals surface area (Å²) >= 11 is 0. The summed E-state index contributed by atoms with van der Waals surface area (Å²) < 4.78 is 156. The van der Waals surface area contributed by atoms with Gasteiger partial charge in [0.05, 0.1) is 22.3 Å². The summed E-state index contributed by atoms with van der Waals surface area (Å²) in [4.78, 5) is 0. The molecule has 0 amide bonds. The second-order valence-electron chi connectivity index (χ2n) is 6.14. The molecular weight excluding hydrogens is 456 g/mol. The van der Waals surface area contributed by atoms with Gasteiger partial charge in [-0.15, -0.1) is 5.73 Å². The molecule has 0 radical (unpaired) electrons. The van der Waals surface area contributed by atoms with Crippen LogP contribution in [0.1, 0.15) is 33.4 Å². The van der Waals surface area contributed by atoms with Crippen LogP contribution in [0.5, 0.6) is 0 Å². The molecule has 0 aromatic heterocycles. The Bertz CT molecular complexity index is 884. The summed E-state index contributed by atoms with van der Waals surface area (Å²) in [6.45, 7) is 2.99. The second kappa shape index (κ2) is 7.67. The zero-order valence-electron chi connectivity index (χ0n) is 14.7. The molecule has 0 fully saturated rings. The number of halogens is 12. The minimum Gasteiger partial charge on any atom is -0.166 e. The molecule has 0 aliphatic carbocycles. The molecule has 0 aliphatic rings. The maximum absolute atomic E-state index is 13.0. The minimum absolute atomic E-state index is 0.149. The Hall–Kier alpha value is -2.88. The van der Waals surface area contributed by atoms with Gasteiger partial charge in [0, 0.05) is 5.57 Å². The highest BCUT2D eigenvalue weighted by Gasteiger charge is 2.39. The topological polar surface area (TPSA) is 0 Å². The summed E-state index contributed by atoms with van der Waals surface area (Å²) in [7, 11) is 0. The number of hydrogen-bond acceptors (Lipinski definition) is 0. The van der Waals surface area contributed by atoms with Gasteiger partial charge < -0.3 is 0 Å². The van der Waals surface area contributed by atoms with E-state index < -0.39 is 63.7 Å². The summed E-state index contributed by atoms with van der Waals surface area (Å²) in [5.74, 6) is 0. The van der Waals surface area contributed by atoms with Crippen LogP contribution in [-0.2, 0) is 24.7 Å². The first-order valence-corrected chi connectivity index (χ1v) is 7.84. The van der Waals surface area contributed by atoms with Gasteiger partial charge in [0.1, 0.15) is 0 Å². The van der Waals surface area contributed by atoms with Crippen molar-refractivity contribution in [2.45, 2.75) is 24.7 Å². The molecule has 0 bridgehead atoms. The average molecular weight is 464 g/mol. The molecule has 0 aliphatic heterocycles. The van der Waals surface area contributed by atoms with Crippen molar-refractivity contribution in [2.24, 2.45) is 0 Å². The van der Waals surface area contributed by atoms with Gasteiger partial charge >= 0.3 is 24.7 Å². The molecule has 0 nitrogen and oxygen atoms in total. The van der Waals surface area contributed by atoms with E-state index in [1.54, 1.807) is 0 Å². The van der Waals surface area contributed by atoms with Gasteiger partial charge in [-0.25, -0.2) is 0 Å². The van der Waals surface area contributed by atoms with Crippen molar-refractivity contribution in [1.29, 1.82) is 0 Å². The van der Waals surface area contributed by atoms with Crippen molar-refractivity contribution in [3.63, 3.8) is 0 Å². The average Bonchev–Trinajstić information content (AvgIpc) is 2.59. The molecule has 2 aromatic carbocycles. The summed E-state index contributed by atoms with van der Waals surface area (Å²) in [6, 6.07) is 0.119. The first-order chi connectivity index (χ1) is 13.8. The number of hydrogen-bond donors (Lipinski definition) is 0. The smallest absolute Gasteiger partial charge is 0.166 e. The van der Waals surface area contributed by atoms with Gasteiger partial charge in [-0.3, -0.25) is 0 Å². The van der Waals surface area contributed by atoms with E-state index in [0.29, 0.717) is 0 Å². The molecule has 0 atom stereocenters. The molecule has 2 aromatic rings. The van der Waals surface area contributed by atoms with E-state index in [2.05, 4.69) is 6.58 Å². The highest BCUT2D eigenvalue weighted by molar-refractivity contribution is 5.80. The number of rotatable bonds is 2. The van der Waals surface area contributed by atoms with Crippen LogP contribution in [0.2, 0.25) is 0 Å².